The summed E-state index contributed by atoms with van der Waals surface area (Å²) >= 11 is 0. The third-order valence-electron chi connectivity index (χ3n) is 0. The summed E-state index contributed by atoms with van der Waals surface area (Å²) in [4.78, 5) is 0. The molecule has 0 N–H and O–H groups in total. The molecule has 4 radical (unpaired) electrons. The smallest absolute Gasteiger partial charge is 0 e. The molecule has 0 rings (SSSR count). The Balaban J connectivity index is 0. The molecule has 0 aromatic carbocycles. The van der Waals surface area contributed by atoms with E-state index in [9.17, 15) is 0 Å². The Kier molecular flexibility index (Phi) is 239. The van der Waals surface area contributed by atoms with Crippen molar-refractivity contribution in [2.45, 2.75) is 0 Å². The average Bonchev–Trinajstić information content (AvgIpc) is 0. The quantitative estimate of drug-likeness (QED) is 0.505. The Hall–Kier alpha value is 1.71. The average molecular weight is 219 g/mol. The second kappa shape index (κ2) is 22.1. The first kappa shape index (κ1) is 43.2. The van der Waals surface area contributed by atoms with Gasteiger partial charge in [0.2, 0.25) is 0 Å². The van der Waals surface area contributed by atoms with Crippen molar-refractivity contribution in [3.8, 4) is 0 Å². The van der Waals surface area contributed by atoms with Crippen LogP contribution in [0.1, 0.15) is 0 Å². The van der Waals surface area contributed by atoms with Crippen molar-refractivity contribution < 1.29 is 54.9 Å². The monoisotopic (exact) mass is 220 g/mol. The molecular weight excluding hydrogens is 219 g/mol. The van der Waals surface area contributed by atoms with Gasteiger partial charge in [-0.05, 0) is 0 Å². The minimum absolute atomic E-state index is 0. The number of rotatable bonds is 0. The summed E-state index contributed by atoms with van der Waals surface area (Å²) in [6.07, 6.45) is 0. The first-order valence-corrected chi connectivity index (χ1v) is 0. The molecule has 0 saturated heterocycles. The zero-order chi connectivity index (χ0) is 0. The predicted octanol–water partition coefficient (Wildman–Crippen LogP) is 0.0738. The van der Waals surface area contributed by atoms with Crippen molar-refractivity contribution in [1.29, 1.82) is 0 Å². The third kappa shape index (κ3) is 9.31. The van der Waals surface area contributed by atoms with Crippen LogP contribution in [0.3, 0.4) is 0 Å². The Morgan fingerprint density at radius 3 is 1.00 bits per heavy atom. The first-order chi connectivity index (χ1) is 0. The van der Waals surface area contributed by atoms with Gasteiger partial charge in [0.1, 0.15) is 0 Å². The van der Waals surface area contributed by atoms with E-state index in [2.05, 4.69) is 0 Å². The summed E-state index contributed by atoms with van der Waals surface area (Å²) in [5.74, 6) is 0. The molecule has 0 aromatic rings. The maximum Gasteiger partial charge on any atom is 0 e. The summed E-state index contributed by atoms with van der Waals surface area (Å²) in [7, 11) is 0. The van der Waals surface area contributed by atoms with Crippen molar-refractivity contribution >= 4 is 0 Å². The molecule has 0 heterocycles. The van der Waals surface area contributed by atoms with Gasteiger partial charge >= 0.3 is 0 Å². The van der Waals surface area contributed by atoms with Crippen molar-refractivity contribution in [3.63, 3.8) is 0 Å². The molecule has 26 valence electrons. The standard InChI is InChI=1S/C.Cr.Mo.Ni. The van der Waals surface area contributed by atoms with Gasteiger partial charge in [-0.15, -0.1) is 0 Å². The molecule has 0 amide bonds. The van der Waals surface area contributed by atoms with Crippen LogP contribution in [0.15, 0.2) is 0 Å². The minimum Gasteiger partial charge on any atom is 0 e. The van der Waals surface area contributed by atoms with Crippen LogP contribution in [-0.2, 0) is 54.9 Å². The molecule has 4 heavy (non-hydrogen) atoms. The molecule has 0 aliphatic rings. The van der Waals surface area contributed by atoms with E-state index >= 15 is 0 Å². The van der Waals surface area contributed by atoms with E-state index in [1.165, 1.54) is 0 Å². The van der Waals surface area contributed by atoms with E-state index in [0.717, 1.165) is 0 Å². The molecule has 0 aliphatic carbocycles. The first-order valence-electron chi connectivity index (χ1n) is 0. The molecule has 0 spiro atoms. The topological polar surface area (TPSA) is 0 Å². The van der Waals surface area contributed by atoms with Gasteiger partial charge in [-0.3, -0.25) is 0 Å². The van der Waals surface area contributed by atoms with Gasteiger partial charge < -0.3 is 0 Å². The molecule has 3 heteroatoms. The zero-order valence-electron chi connectivity index (χ0n) is 1.63. The third-order valence-corrected chi connectivity index (χ3v) is 0. The van der Waals surface area contributed by atoms with Crippen LogP contribution in [0.5, 0.6) is 0 Å². The van der Waals surface area contributed by atoms with Gasteiger partial charge in [0.15, 0.2) is 0 Å². The predicted molar refractivity (Wildman–Crippen MR) is 3.24 cm³/mol. The van der Waals surface area contributed by atoms with Crippen LogP contribution < -0.4 is 0 Å². The summed E-state index contributed by atoms with van der Waals surface area (Å²) < 4.78 is 0. The fraction of sp³-hybridized carbons (Fsp3) is 0. The van der Waals surface area contributed by atoms with E-state index in [1.807, 2.05) is 0 Å². The van der Waals surface area contributed by atoms with Crippen LogP contribution >= 0.6 is 0 Å². The van der Waals surface area contributed by atoms with Crippen molar-refractivity contribution in [2.24, 2.45) is 0 Å². The van der Waals surface area contributed by atoms with Gasteiger partial charge in [-0.2, -0.15) is 0 Å². The summed E-state index contributed by atoms with van der Waals surface area (Å²) in [6, 6.07) is 0. The minimum atomic E-state index is 0. The molecule has 0 bridgehead atoms. The van der Waals surface area contributed by atoms with E-state index < -0.39 is 0 Å². The van der Waals surface area contributed by atoms with E-state index in [-0.39, 0.29) is 62.3 Å². The normalized spacial score (nSPS) is 0. The summed E-state index contributed by atoms with van der Waals surface area (Å²) in [5.41, 5.74) is 0. The molecule has 0 nitrogen and oxygen atoms in total. The maximum atomic E-state index is 0. The maximum absolute atomic E-state index is 0. The van der Waals surface area contributed by atoms with Gasteiger partial charge in [-0.25, -0.2) is 0 Å². The number of hydrogen-bond donors (Lipinski definition) is 0. The van der Waals surface area contributed by atoms with Crippen LogP contribution in [0.2, 0.25) is 0 Å². The van der Waals surface area contributed by atoms with Crippen LogP contribution in [-0.4, -0.2) is 0 Å². The second-order valence-corrected chi connectivity index (χ2v) is 0. The zero-order valence-corrected chi connectivity index (χ0v) is 5.90. The Bertz CT molecular complexity index is 8.00. The fourth-order valence-electron chi connectivity index (χ4n) is 0. The van der Waals surface area contributed by atoms with Crippen LogP contribution in [0, 0.1) is 7.43 Å². The Morgan fingerprint density at radius 2 is 1.00 bits per heavy atom. The summed E-state index contributed by atoms with van der Waals surface area (Å²) in [6.45, 7) is 0. The number of hydrogen-bond acceptors (Lipinski definition) is 0. The van der Waals surface area contributed by atoms with Crippen LogP contribution in [0.4, 0.5) is 0 Å². The summed E-state index contributed by atoms with van der Waals surface area (Å²) in [5, 5.41) is 0. The molecule has 0 aliphatic heterocycles. The molecule has 0 fully saturated rings. The van der Waals surface area contributed by atoms with E-state index in [4.69, 9.17) is 0 Å². The van der Waals surface area contributed by atoms with Crippen molar-refractivity contribution in [2.75, 3.05) is 0 Å². The van der Waals surface area contributed by atoms with E-state index in [1.54, 1.807) is 0 Å². The van der Waals surface area contributed by atoms with Gasteiger partial charge in [0, 0.05) is 62.3 Å². The largest absolute Gasteiger partial charge is 0 e. The molecule has 0 atom stereocenters. The van der Waals surface area contributed by atoms with Crippen molar-refractivity contribution in [1.82, 2.24) is 0 Å². The Morgan fingerprint density at radius 1 is 1.00 bits per heavy atom. The van der Waals surface area contributed by atoms with E-state index in [0.29, 0.717) is 0 Å². The molecular formula is CCrMoNi. The van der Waals surface area contributed by atoms with Crippen LogP contribution in [0.25, 0.3) is 0 Å². The van der Waals surface area contributed by atoms with Gasteiger partial charge in [-0.1, -0.05) is 0 Å². The molecule has 0 aromatic heterocycles. The van der Waals surface area contributed by atoms with Gasteiger partial charge in [0.25, 0.3) is 0 Å². The van der Waals surface area contributed by atoms with Crippen molar-refractivity contribution in [3.05, 3.63) is 7.43 Å². The second-order valence-electron chi connectivity index (χ2n) is 0. The SMILES string of the molecule is [C].[Cr].[Mo].[Ni]. The fourth-order valence-corrected chi connectivity index (χ4v) is 0. The molecule has 0 saturated carbocycles. The Labute approximate surface area is 62.0 Å². The molecule has 0 unspecified atom stereocenters. The van der Waals surface area contributed by atoms with Gasteiger partial charge in [0.05, 0.1) is 0 Å².